The minimum Gasteiger partial charge on any atom is -0.503 e. The van der Waals surface area contributed by atoms with E-state index in [0.717, 1.165) is 5.69 Å². The average Bonchev–Trinajstić information content (AvgIpc) is 2.87. The molecule has 0 saturated heterocycles. The van der Waals surface area contributed by atoms with Crippen molar-refractivity contribution in [2.75, 3.05) is 7.11 Å². The van der Waals surface area contributed by atoms with Gasteiger partial charge in [0.2, 0.25) is 0 Å². The molecule has 7 nitrogen and oxygen atoms in total. The maximum Gasteiger partial charge on any atom is 0.261 e. The molecular formula is C14H15ClN4O3. The molecule has 1 amide bonds. The summed E-state index contributed by atoms with van der Waals surface area (Å²) in [6, 6.07) is 4.86. The summed E-state index contributed by atoms with van der Waals surface area (Å²) in [6.45, 7) is 1.93. The summed E-state index contributed by atoms with van der Waals surface area (Å²) in [6.07, 6.45) is 3.03. The van der Waals surface area contributed by atoms with Crippen LogP contribution in [0.25, 0.3) is 0 Å². The van der Waals surface area contributed by atoms with Gasteiger partial charge in [0.1, 0.15) is 6.54 Å². The molecule has 0 fully saturated rings. The normalized spacial score (nSPS) is 10.9. The van der Waals surface area contributed by atoms with E-state index < -0.39 is 0 Å². The number of carbonyl (C=O) groups excluding carboxylic acids is 1. The highest BCUT2D eigenvalue weighted by molar-refractivity contribution is 6.32. The van der Waals surface area contributed by atoms with Crippen molar-refractivity contribution in [3.63, 3.8) is 0 Å². The van der Waals surface area contributed by atoms with Crippen LogP contribution < -0.4 is 10.2 Å². The molecule has 1 aromatic heterocycles. The number of nitrogens with zero attached hydrogens (tertiary/aromatic N) is 3. The third-order valence-electron chi connectivity index (χ3n) is 2.90. The van der Waals surface area contributed by atoms with Gasteiger partial charge in [0.05, 0.1) is 18.3 Å². The summed E-state index contributed by atoms with van der Waals surface area (Å²) in [4.78, 5) is 11.7. The molecule has 2 aromatic rings. The van der Waals surface area contributed by atoms with E-state index in [-0.39, 0.29) is 29.0 Å². The standard InChI is InChI=1S/C14H15ClN4O3/c1-9-3-4-17-19(9)8-13(20)18-16-7-10-5-11(15)14(21)12(6-10)22-2/h3-7,21H,8H2,1-2H3,(H,18,20)/b16-7-. The first-order valence-corrected chi connectivity index (χ1v) is 6.76. The number of phenolic OH excluding ortho intramolecular Hbond substituents is 1. The maximum atomic E-state index is 11.7. The number of aryl methyl sites for hydroxylation is 1. The number of ether oxygens (including phenoxy) is 1. The predicted molar refractivity (Wildman–Crippen MR) is 82.4 cm³/mol. The highest BCUT2D eigenvalue weighted by atomic mass is 35.5. The van der Waals surface area contributed by atoms with E-state index in [1.807, 2.05) is 6.92 Å². The number of hydrogen-bond acceptors (Lipinski definition) is 5. The molecule has 0 saturated carbocycles. The second-order valence-electron chi connectivity index (χ2n) is 4.48. The van der Waals surface area contributed by atoms with Gasteiger partial charge in [-0.15, -0.1) is 0 Å². The Morgan fingerprint density at radius 1 is 1.59 bits per heavy atom. The number of hydrazone groups is 1. The molecule has 0 spiro atoms. The molecule has 8 heteroatoms. The van der Waals surface area contributed by atoms with Gasteiger partial charge in [-0.2, -0.15) is 10.2 Å². The van der Waals surface area contributed by atoms with Crippen molar-refractivity contribution in [2.45, 2.75) is 13.5 Å². The molecule has 22 heavy (non-hydrogen) atoms. The van der Waals surface area contributed by atoms with Crippen LogP contribution in [0, 0.1) is 6.92 Å². The van der Waals surface area contributed by atoms with Crippen LogP contribution in [0.3, 0.4) is 0 Å². The smallest absolute Gasteiger partial charge is 0.261 e. The average molecular weight is 323 g/mol. The number of carbonyl (C=O) groups is 1. The van der Waals surface area contributed by atoms with Gasteiger partial charge < -0.3 is 9.84 Å². The molecule has 0 aliphatic rings. The molecule has 0 atom stereocenters. The molecule has 1 heterocycles. The van der Waals surface area contributed by atoms with Gasteiger partial charge in [0, 0.05) is 11.9 Å². The number of benzene rings is 1. The Bertz CT molecular complexity index is 712. The van der Waals surface area contributed by atoms with Crippen molar-refractivity contribution in [2.24, 2.45) is 5.10 Å². The molecule has 1 aromatic carbocycles. The van der Waals surface area contributed by atoms with Crippen LogP contribution in [0.15, 0.2) is 29.5 Å². The zero-order valence-corrected chi connectivity index (χ0v) is 12.8. The Kier molecular flexibility index (Phi) is 5.00. The zero-order valence-electron chi connectivity index (χ0n) is 12.1. The summed E-state index contributed by atoms with van der Waals surface area (Å²) in [7, 11) is 1.42. The Morgan fingerprint density at radius 2 is 2.36 bits per heavy atom. The lowest BCUT2D eigenvalue weighted by Gasteiger charge is -2.06. The van der Waals surface area contributed by atoms with Gasteiger partial charge in [0.25, 0.3) is 5.91 Å². The second kappa shape index (κ2) is 6.95. The summed E-state index contributed by atoms with van der Waals surface area (Å²) in [5.41, 5.74) is 3.85. The largest absolute Gasteiger partial charge is 0.503 e. The van der Waals surface area contributed by atoms with Crippen LogP contribution in [0.4, 0.5) is 0 Å². The number of rotatable bonds is 5. The van der Waals surface area contributed by atoms with Crippen molar-refractivity contribution in [3.8, 4) is 11.5 Å². The molecule has 116 valence electrons. The number of halogens is 1. The fourth-order valence-electron chi connectivity index (χ4n) is 1.74. The number of nitrogens with one attached hydrogen (secondary N) is 1. The molecule has 2 N–H and O–H groups in total. The van der Waals surface area contributed by atoms with E-state index in [2.05, 4.69) is 15.6 Å². The third kappa shape index (κ3) is 3.76. The first-order chi connectivity index (χ1) is 10.5. The van der Waals surface area contributed by atoms with E-state index >= 15 is 0 Å². The van der Waals surface area contributed by atoms with Crippen LogP contribution in [0.1, 0.15) is 11.3 Å². The minimum atomic E-state index is -0.306. The van der Waals surface area contributed by atoms with Gasteiger partial charge in [-0.1, -0.05) is 11.6 Å². The van der Waals surface area contributed by atoms with Crippen molar-refractivity contribution in [3.05, 3.63) is 40.7 Å². The van der Waals surface area contributed by atoms with Crippen LogP contribution in [0.5, 0.6) is 11.5 Å². The fourth-order valence-corrected chi connectivity index (χ4v) is 1.96. The monoisotopic (exact) mass is 322 g/mol. The van der Waals surface area contributed by atoms with Gasteiger partial charge >= 0.3 is 0 Å². The molecule has 0 radical (unpaired) electrons. The van der Waals surface area contributed by atoms with E-state index in [1.54, 1.807) is 23.0 Å². The number of aromatic hydroxyl groups is 1. The predicted octanol–water partition coefficient (Wildman–Crippen LogP) is 1.71. The fraction of sp³-hybridized carbons (Fsp3) is 0.214. The lowest BCUT2D eigenvalue weighted by molar-refractivity contribution is -0.121. The minimum absolute atomic E-state index is 0.0792. The van der Waals surface area contributed by atoms with Gasteiger partial charge in [-0.25, -0.2) is 5.43 Å². The molecule has 0 aliphatic heterocycles. The van der Waals surface area contributed by atoms with Gasteiger partial charge in [-0.05, 0) is 30.7 Å². The van der Waals surface area contributed by atoms with E-state index in [0.29, 0.717) is 5.56 Å². The quantitative estimate of drug-likeness (QED) is 0.648. The van der Waals surface area contributed by atoms with Crippen molar-refractivity contribution in [1.82, 2.24) is 15.2 Å². The number of aromatic nitrogens is 2. The number of methoxy groups -OCH3 is 1. The van der Waals surface area contributed by atoms with Crippen molar-refractivity contribution in [1.29, 1.82) is 0 Å². The molecule has 0 bridgehead atoms. The van der Waals surface area contributed by atoms with Crippen LogP contribution in [-0.4, -0.2) is 34.1 Å². The Balaban J connectivity index is 1.99. The van der Waals surface area contributed by atoms with Gasteiger partial charge in [0.15, 0.2) is 11.5 Å². The number of amides is 1. The first-order valence-electron chi connectivity index (χ1n) is 6.38. The number of phenols is 1. The van der Waals surface area contributed by atoms with Crippen molar-refractivity contribution >= 4 is 23.7 Å². The maximum absolute atomic E-state index is 11.7. The Hall–Kier alpha value is -2.54. The number of hydrogen-bond donors (Lipinski definition) is 2. The van der Waals surface area contributed by atoms with E-state index in [1.165, 1.54) is 19.4 Å². The topological polar surface area (TPSA) is 88.7 Å². The lowest BCUT2D eigenvalue weighted by Crippen LogP contribution is -2.24. The third-order valence-corrected chi connectivity index (χ3v) is 3.18. The second-order valence-corrected chi connectivity index (χ2v) is 4.88. The first kappa shape index (κ1) is 15.8. The molecule has 0 aliphatic carbocycles. The Labute approximate surface area is 132 Å². The lowest BCUT2D eigenvalue weighted by atomic mass is 10.2. The van der Waals surface area contributed by atoms with Gasteiger partial charge in [-0.3, -0.25) is 9.48 Å². The van der Waals surface area contributed by atoms with E-state index in [4.69, 9.17) is 16.3 Å². The SMILES string of the molecule is COc1cc(/C=N\NC(=O)Cn2nccc2C)cc(Cl)c1O. The molecular weight excluding hydrogens is 308 g/mol. The summed E-state index contributed by atoms with van der Waals surface area (Å²) >= 11 is 5.86. The summed E-state index contributed by atoms with van der Waals surface area (Å²) < 4.78 is 6.54. The van der Waals surface area contributed by atoms with Crippen LogP contribution in [0.2, 0.25) is 5.02 Å². The van der Waals surface area contributed by atoms with Crippen LogP contribution >= 0.6 is 11.6 Å². The highest BCUT2D eigenvalue weighted by Crippen LogP contribution is 2.34. The summed E-state index contributed by atoms with van der Waals surface area (Å²) in [5.74, 6) is -0.216. The molecule has 2 rings (SSSR count). The highest BCUT2D eigenvalue weighted by Gasteiger charge is 2.08. The van der Waals surface area contributed by atoms with Crippen molar-refractivity contribution < 1.29 is 14.6 Å². The van der Waals surface area contributed by atoms with E-state index in [9.17, 15) is 9.90 Å². The van der Waals surface area contributed by atoms with Crippen LogP contribution in [-0.2, 0) is 11.3 Å². The zero-order chi connectivity index (χ0) is 16.1. The molecule has 0 unspecified atom stereocenters. The Morgan fingerprint density at radius 3 is 3.00 bits per heavy atom. The summed E-state index contributed by atoms with van der Waals surface area (Å²) in [5, 5.41) is 17.6.